The molecule has 1 unspecified atom stereocenters. The smallest absolute Gasteiger partial charge is 0.277 e. The van der Waals surface area contributed by atoms with E-state index in [2.05, 4.69) is 10.2 Å². The first kappa shape index (κ1) is 15.8. The van der Waals surface area contributed by atoms with Gasteiger partial charge in [-0.15, -0.1) is 10.2 Å². The van der Waals surface area contributed by atoms with Gasteiger partial charge in [-0.3, -0.25) is 0 Å². The minimum absolute atomic E-state index is 0.346. The number of hydrogen-bond acceptors (Lipinski definition) is 7. The van der Waals surface area contributed by atoms with Gasteiger partial charge in [-0.05, 0) is 29.8 Å². The molecule has 1 aliphatic rings. The predicted molar refractivity (Wildman–Crippen MR) is 92.2 cm³/mol. The van der Waals surface area contributed by atoms with Crippen LogP contribution >= 0.6 is 11.8 Å². The van der Waals surface area contributed by atoms with Gasteiger partial charge >= 0.3 is 0 Å². The van der Waals surface area contributed by atoms with Crippen LogP contribution in [0.1, 0.15) is 17.6 Å². The molecular formula is C18H16N2O4S. The Balaban J connectivity index is 1.41. The van der Waals surface area contributed by atoms with Crippen molar-refractivity contribution in [1.29, 1.82) is 0 Å². The number of para-hydroxylation sites is 2. The minimum Gasteiger partial charge on any atom is -0.497 e. The number of hydrogen-bond donors (Lipinski definition) is 0. The first-order valence-corrected chi connectivity index (χ1v) is 8.78. The molecule has 0 aliphatic carbocycles. The van der Waals surface area contributed by atoms with Crippen LogP contribution in [0.3, 0.4) is 0 Å². The van der Waals surface area contributed by atoms with Crippen LogP contribution in [0.25, 0.3) is 0 Å². The maximum atomic E-state index is 5.88. The van der Waals surface area contributed by atoms with Crippen LogP contribution in [-0.2, 0) is 5.75 Å². The summed E-state index contributed by atoms with van der Waals surface area (Å²) < 4.78 is 22.5. The zero-order valence-electron chi connectivity index (χ0n) is 13.5. The van der Waals surface area contributed by atoms with Gasteiger partial charge in [0.05, 0.1) is 7.11 Å². The SMILES string of the molecule is COc1cccc(CSc2nnc(C3COc4ccccc4O3)o2)c1. The largest absolute Gasteiger partial charge is 0.497 e. The molecule has 0 radical (unpaired) electrons. The Labute approximate surface area is 149 Å². The van der Waals surface area contributed by atoms with Crippen molar-refractivity contribution in [2.75, 3.05) is 13.7 Å². The van der Waals surface area contributed by atoms with Gasteiger partial charge < -0.3 is 18.6 Å². The maximum absolute atomic E-state index is 5.88. The molecule has 3 aromatic rings. The fourth-order valence-electron chi connectivity index (χ4n) is 2.46. The molecule has 0 bridgehead atoms. The summed E-state index contributed by atoms with van der Waals surface area (Å²) in [6.07, 6.45) is -0.395. The van der Waals surface area contributed by atoms with Gasteiger partial charge in [0.15, 0.2) is 11.5 Å². The third-order valence-electron chi connectivity index (χ3n) is 3.70. The number of rotatable bonds is 5. The molecule has 7 heteroatoms. The van der Waals surface area contributed by atoms with E-state index in [1.54, 1.807) is 7.11 Å². The second-order valence-corrected chi connectivity index (χ2v) is 6.34. The molecule has 0 saturated heterocycles. The summed E-state index contributed by atoms with van der Waals surface area (Å²) in [6.45, 7) is 0.346. The molecule has 0 amide bonds. The zero-order chi connectivity index (χ0) is 17.1. The quantitative estimate of drug-likeness (QED) is 0.643. The lowest BCUT2D eigenvalue weighted by atomic mass is 10.2. The van der Waals surface area contributed by atoms with Crippen molar-refractivity contribution < 1.29 is 18.6 Å². The van der Waals surface area contributed by atoms with E-state index in [0.717, 1.165) is 17.1 Å². The van der Waals surface area contributed by atoms with Crippen molar-refractivity contribution in [3.8, 4) is 17.2 Å². The fraction of sp³-hybridized carbons (Fsp3) is 0.222. The van der Waals surface area contributed by atoms with E-state index >= 15 is 0 Å². The maximum Gasteiger partial charge on any atom is 0.277 e. The van der Waals surface area contributed by atoms with E-state index in [1.165, 1.54) is 11.8 Å². The molecule has 1 atom stereocenters. The molecule has 25 heavy (non-hydrogen) atoms. The van der Waals surface area contributed by atoms with Crippen molar-refractivity contribution >= 4 is 11.8 Å². The Kier molecular flexibility index (Phi) is 4.47. The Hall–Kier alpha value is -2.67. The molecule has 128 valence electrons. The van der Waals surface area contributed by atoms with E-state index in [0.29, 0.717) is 29.2 Å². The van der Waals surface area contributed by atoms with Crippen molar-refractivity contribution in [1.82, 2.24) is 10.2 Å². The highest BCUT2D eigenvalue weighted by molar-refractivity contribution is 7.98. The highest BCUT2D eigenvalue weighted by atomic mass is 32.2. The monoisotopic (exact) mass is 356 g/mol. The summed E-state index contributed by atoms with van der Waals surface area (Å²) in [5.41, 5.74) is 1.12. The third-order valence-corrected chi connectivity index (χ3v) is 4.59. The van der Waals surface area contributed by atoms with E-state index in [9.17, 15) is 0 Å². The molecule has 1 aliphatic heterocycles. The molecule has 0 saturated carbocycles. The van der Waals surface area contributed by atoms with Gasteiger partial charge in [-0.25, -0.2) is 0 Å². The van der Waals surface area contributed by atoms with Crippen molar-refractivity contribution in [2.24, 2.45) is 0 Å². The number of aromatic nitrogens is 2. The van der Waals surface area contributed by atoms with Gasteiger partial charge in [-0.2, -0.15) is 0 Å². The number of ether oxygens (including phenoxy) is 3. The molecule has 1 aromatic heterocycles. The van der Waals surface area contributed by atoms with Crippen LogP contribution in [0.4, 0.5) is 0 Å². The van der Waals surface area contributed by atoms with E-state index < -0.39 is 6.10 Å². The van der Waals surface area contributed by atoms with Crippen LogP contribution < -0.4 is 14.2 Å². The Morgan fingerprint density at radius 3 is 2.88 bits per heavy atom. The lowest BCUT2D eigenvalue weighted by molar-refractivity contribution is 0.0686. The number of methoxy groups -OCH3 is 1. The second kappa shape index (κ2) is 7.06. The first-order valence-electron chi connectivity index (χ1n) is 7.79. The van der Waals surface area contributed by atoms with Gasteiger partial charge in [0.2, 0.25) is 6.10 Å². The number of nitrogens with zero attached hydrogens (tertiary/aromatic N) is 2. The van der Waals surface area contributed by atoms with E-state index in [-0.39, 0.29) is 0 Å². The number of thioether (sulfide) groups is 1. The van der Waals surface area contributed by atoms with Crippen LogP contribution in [0, 0.1) is 0 Å². The molecule has 0 fully saturated rings. The molecule has 0 N–H and O–H groups in total. The van der Waals surface area contributed by atoms with Crippen molar-refractivity contribution in [3.05, 3.63) is 60.0 Å². The summed E-state index contributed by atoms with van der Waals surface area (Å²) in [7, 11) is 1.65. The Bertz CT molecular complexity index is 868. The van der Waals surface area contributed by atoms with Crippen LogP contribution in [0.15, 0.2) is 58.2 Å². The predicted octanol–water partition coefficient (Wildman–Crippen LogP) is 3.88. The van der Waals surface area contributed by atoms with Crippen molar-refractivity contribution in [2.45, 2.75) is 17.1 Å². The Morgan fingerprint density at radius 2 is 2.00 bits per heavy atom. The lowest BCUT2D eigenvalue weighted by Gasteiger charge is -2.23. The molecule has 4 rings (SSSR count). The lowest BCUT2D eigenvalue weighted by Crippen LogP contribution is -2.21. The summed E-state index contributed by atoms with van der Waals surface area (Å²) in [6, 6.07) is 15.4. The fourth-order valence-corrected chi connectivity index (χ4v) is 3.17. The van der Waals surface area contributed by atoms with Crippen LogP contribution in [0.5, 0.6) is 17.2 Å². The highest BCUT2D eigenvalue weighted by Crippen LogP contribution is 2.36. The summed E-state index contributed by atoms with van der Waals surface area (Å²) >= 11 is 1.47. The number of benzene rings is 2. The first-order chi connectivity index (χ1) is 12.3. The molecule has 2 heterocycles. The van der Waals surface area contributed by atoms with Crippen LogP contribution in [0.2, 0.25) is 0 Å². The van der Waals surface area contributed by atoms with Gasteiger partial charge in [-0.1, -0.05) is 36.0 Å². The van der Waals surface area contributed by atoms with Gasteiger partial charge in [0.25, 0.3) is 11.1 Å². The summed E-state index contributed by atoms with van der Waals surface area (Å²) in [4.78, 5) is 0. The Morgan fingerprint density at radius 1 is 1.12 bits per heavy atom. The number of fused-ring (bicyclic) bond motifs is 1. The topological polar surface area (TPSA) is 66.6 Å². The van der Waals surface area contributed by atoms with Crippen molar-refractivity contribution in [3.63, 3.8) is 0 Å². The van der Waals surface area contributed by atoms with Crippen LogP contribution in [-0.4, -0.2) is 23.9 Å². The summed E-state index contributed by atoms with van der Waals surface area (Å²) in [5.74, 6) is 3.37. The average Bonchev–Trinajstić information content (AvgIpc) is 3.15. The minimum atomic E-state index is -0.395. The molecular weight excluding hydrogens is 340 g/mol. The second-order valence-electron chi connectivity index (χ2n) is 5.41. The average molecular weight is 356 g/mol. The molecule has 2 aromatic carbocycles. The van der Waals surface area contributed by atoms with Gasteiger partial charge in [0.1, 0.15) is 12.4 Å². The van der Waals surface area contributed by atoms with E-state index in [1.807, 2.05) is 48.5 Å². The highest BCUT2D eigenvalue weighted by Gasteiger charge is 2.27. The molecule has 6 nitrogen and oxygen atoms in total. The summed E-state index contributed by atoms with van der Waals surface area (Å²) in [5, 5.41) is 8.68. The van der Waals surface area contributed by atoms with Gasteiger partial charge in [0, 0.05) is 5.75 Å². The standard InChI is InChI=1S/C18H16N2O4S/c1-21-13-6-4-5-12(9-13)11-25-18-20-19-17(24-18)16-10-22-14-7-2-3-8-15(14)23-16/h2-9,16H,10-11H2,1H3. The normalized spacial score (nSPS) is 15.8. The van der Waals surface area contributed by atoms with E-state index in [4.69, 9.17) is 18.6 Å². The molecule has 0 spiro atoms. The zero-order valence-corrected chi connectivity index (χ0v) is 14.4. The third kappa shape index (κ3) is 3.56.